The van der Waals surface area contributed by atoms with E-state index in [2.05, 4.69) is 16.6 Å². The van der Waals surface area contributed by atoms with Crippen LogP contribution in [0.25, 0.3) is 32.9 Å². The zero-order valence-corrected chi connectivity index (χ0v) is 20.1. The van der Waals surface area contributed by atoms with Crippen molar-refractivity contribution in [1.82, 2.24) is 20.1 Å². The molecule has 3 saturated carbocycles. The predicted molar refractivity (Wildman–Crippen MR) is 137 cm³/mol. The van der Waals surface area contributed by atoms with Crippen LogP contribution < -0.4 is 10.6 Å². The van der Waals surface area contributed by atoms with Crippen LogP contribution in [0, 0.1) is 35.8 Å². The van der Waals surface area contributed by atoms with Gasteiger partial charge in [-0.2, -0.15) is 5.10 Å². The van der Waals surface area contributed by atoms with Crippen LogP contribution in [0.3, 0.4) is 0 Å². The van der Waals surface area contributed by atoms with Gasteiger partial charge in [0.05, 0.1) is 22.7 Å². The number of hydrogen-bond acceptors (Lipinski definition) is 5. The smallest absolute Gasteiger partial charge is 0.175 e. The maximum atomic E-state index is 16.7. The molecule has 0 spiro atoms. The number of phenolic OH excluding ortho intramolecular Hbond substituents is 1. The van der Waals surface area contributed by atoms with Crippen molar-refractivity contribution in [3.8, 4) is 29.4 Å². The van der Waals surface area contributed by atoms with Gasteiger partial charge in [-0.3, -0.25) is 4.68 Å². The molecule has 3 aliphatic carbocycles. The molecule has 2 unspecified atom stereocenters. The first kappa shape index (κ1) is 21.4. The standard InChI is InChI=1S/C29H25F2N5O/c1-2-17-21(30)8-3-13-9-16(37)10-18(22(13)17)26-25(31)28-24(29(34-26)33-14-4-5-14)27(35-36(28)15-6-7-15)23-19-11-32-12-20(19)23/h1,3,8-10,14-15,19-20,23,32,37H,4-7,11-12H2,(H,33,34). The number of hydrogen-bond donors (Lipinski definition) is 3. The van der Waals surface area contributed by atoms with Gasteiger partial charge < -0.3 is 15.7 Å². The number of nitrogens with zero attached hydrogens (tertiary/aromatic N) is 3. The largest absolute Gasteiger partial charge is 0.508 e. The number of nitrogens with one attached hydrogen (secondary N) is 2. The topological polar surface area (TPSA) is 75.0 Å². The number of fused-ring (bicyclic) bond motifs is 3. The Bertz CT molecular complexity index is 1670. The number of piperidine rings is 1. The Hall–Kier alpha value is -3.70. The van der Waals surface area contributed by atoms with Crippen LogP contribution in [0.1, 0.15) is 48.9 Å². The monoisotopic (exact) mass is 497 g/mol. The molecule has 4 aliphatic rings. The molecule has 2 aromatic carbocycles. The van der Waals surface area contributed by atoms with Crippen LogP contribution >= 0.6 is 0 Å². The normalized spacial score (nSPS) is 24.4. The highest BCUT2D eigenvalue weighted by Gasteiger charge is 2.56. The summed E-state index contributed by atoms with van der Waals surface area (Å²) in [5.41, 5.74) is 1.73. The number of rotatable bonds is 5. The molecule has 3 N–H and O–H groups in total. The molecule has 2 aromatic heterocycles. The Morgan fingerprint density at radius 2 is 1.86 bits per heavy atom. The number of anilines is 1. The van der Waals surface area contributed by atoms with Gasteiger partial charge in [0.25, 0.3) is 0 Å². The molecule has 1 saturated heterocycles. The summed E-state index contributed by atoms with van der Waals surface area (Å²) in [7, 11) is 0. The van der Waals surface area contributed by atoms with Crippen LogP contribution in [-0.2, 0) is 0 Å². The Kier molecular flexibility index (Phi) is 4.29. The Labute approximate surface area is 212 Å². The fraction of sp³-hybridized carbons (Fsp3) is 0.379. The molecular formula is C29H25F2N5O. The second-order valence-corrected chi connectivity index (χ2v) is 11.0. The molecule has 4 fully saturated rings. The lowest BCUT2D eigenvalue weighted by Crippen LogP contribution is -2.14. The molecule has 0 radical (unpaired) electrons. The third kappa shape index (κ3) is 3.13. The van der Waals surface area contributed by atoms with Gasteiger partial charge in [-0.15, -0.1) is 6.42 Å². The van der Waals surface area contributed by atoms with E-state index in [1.165, 1.54) is 18.2 Å². The first-order chi connectivity index (χ1) is 18.0. The lowest BCUT2D eigenvalue weighted by molar-refractivity contribution is 0.476. The van der Waals surface area contributed by atoms with Gasteiger partial charge in [0.15, 0.2) is 5.82 Å². The van der Waals surface area contributed by atoms with Gasteiger partial charge in [0.1, 0.15) is 28.6 Å². The Morgan fingerprint density at radius 1 is 1.08 bits per heavy atom. The first-order valence-corrected chi connectivity index (χ1v) is 13.0. The van der Waals surface area contributed by atoms with Crippen molar-refractivity contribution in [2.75, 3.05) is 18.4 Å². The number of terminal acetylenes is 1. The van der Waals surface area contributed by atoms with E-state index < -0.39 is 11.6 Å². The average molecular weight is 498 g/mol. The van der Waals surface area contributed by atoms with Crippen molar-refractivity contribution in [2.45, 2.75) is 43.7 Å². The minimum Gasteiger partial charge on any atom is -0.508 e. The van der Waals surface area contributed by atoms with Crippen LogP contribution in [0.15, 0.2) is 24.3 Å². The van der Waals surface area contributed by atoms with Crippen LogP contribution in [0.4, 0.5) is 14.6 Å². The molecular weight excluding hydrogens is 472 g/mol. The quantitative estimate of drug-likeness (QED) is 0.336. The summed E-state index contributed by atoms with van der Waals surface area (Å²) in [4.78, 5) is 4.85. The number of pyridine rings is 1. The van der Waals surface area contributed by atoms with E-state index in [9.17, 15) is 9.50 Å². The second kappa shape index (κ2) is 7.42. The number of benzene rings is 2. The highest BCUT2D eigenvalue weighted by molar-refractivity contribution is 6.04. The molecule has 0 amide bonds. The lowest BCUT2D eigenvalue weighted by atomic mass is 9.95. The van der Waals surface area contributed by atoms with Crippen LogP contribution in [0.2, 0.25) is 0 Å². The molecule has 3 heterocycles. The predicted octanol–water partition coefficient (Wildman–Crippen LogP) is 5.06. The van der Waals surface area contributed by atoms with E-state index >= 15 is 4.39 Å². The first-order valence-electron chi connectivity index (χ1n) is 13.0. The number of phenols is 1. The van der Waals surface area contributed by atoms with Gasteiger partial charge in [0.2, 0.25) is 0 Å². The van der Waals surface area contributed by atoms with Gasteiger partial charge in [-0.25, -0.2) is 13.8 Å². The van der Waals surface area contributed by atoms with Crippen molar-refractivity contribution in [2.24, 2.45) is 11.8 Å². The fourth-order valence-electron chi connectivity index (χ4n) is 6.32. The maximum Gasteiger partial charge on any atom is 0.175 e. The van der Waals surface area contributed by atoms with Gasteiger partial charge in [0, 0.05) is 22.9 Å². The second-order valence-electron chi connectivity index (χ2n) is 11.0. The summed E-state index contributed by atoms with van der Waals surface area (Å²) in [6.45, 7) is 1.92. The van der Waals surface area contributed by atoms with Gasteiger partial charge >= 0.3 is 0 Å². The summed E-state index contributed by atoms with van der Waals surface area (Å²) in [6, 6.07) is 6.18. The van der Waals surface area contributed by atoms with Crippen LogP contribution in [-0.4, -0.2) is 39.0 Å². The van der Waals surface area contributed by atoms with E-state index in [4.69, 9.17) is 16.5 Å². The third-order valence-electron chi connectivity index (χ3n) is 8.48. The molecule has 0 bridgehead atoms. The molecule has 6 nitrogen and oxygen atoms in total. The minimum absolute atomic E-state index is 0.0280. The SMILES string of the molecule is C#Cc1c(F)ccc2cc(O)cc(-c3nc(NC4CC4)c4c(C5C6CNCC65)nn(C5CC5)c4c3F)c12. The van der Waals surface area contributed by atoms with E-state index in [0.29, 0.717) is 39.9 Å². The molecule has 1 aliphatic heterocycles. The van der Waals surface area contributed by atoms with Crippen molar-refractivity contribution in [1.29, 1.82) is 0 Å². The fourth-order valence-corrected chi connectivity index (χ4v) is 6.32. The van der Waals surface area contributed by atoms with E-state index in [0.717, 1.165) is 49.9 Å². The highest BCUT2D eigenvalue weighted by Crippen LogP contribution is 2.58. The van der Waals surface area contributed by atoms with Crippen molar-refractivity contribution in [3.63, 3.8) is 0 Å². The summed E-state index contributed by atoms with van der Waals surface area (Å²) < 4.78 is 33.4. The summed E-state index contributed by atoms with van der Waals surface area (Å²) in [5.74, 6) is 3.25. The average Bonchev–Trinajstić information content (AvgIpc) is 3.85. The highest BCUT2D eigenvalue weighted by atomic mass is 19.1. The molecule has 8 heteroatoms. The van der Waals surface area contributed by atoms with Crippen molar-refractivity contribution in [3.05, 3.63) is 47.2 Å². The Morgan fingerprint density at radius 3 is 2.57 bits per heavy atom. The number of halogens is 2. The lowest BCUT2D eigenvalue weighted by Gasteiger charge is -2.15. The molecule has 186 valence electrons. The Balaban J connectivity index is 1.44. The zero-order chi connectivity index (χ0) is 25.0. The van der Waals surface area contributed by atoms with E-state index in [1.54, 1.807) is 6.07 Å². The van der Waals surface area contributed by atoms with E-state index in [-0.39, 0.29) is 34.7 Å². The van der Waals surface area contributed by atoms with Crippen molar-refractivity contribution < 1.29 is 13.9 Å². The summed E-state index contributed by atoms with van der Waals surface area (Å²) >= 11 is 0. The van der Waals surface area contributed by atoms with Gasteiger partial charge in [-0.1, -0.05) is 12.0 Å². The molecule has 4 aromatic rings. The summed E-state index contributed by atoms with van der Waals surface area (Å²) in [5, 5.41) is 24.2. The van der Waals surface area contributed by atoms with Crippen molar-refractivity contribution >= 4 is 27.5 Å². The van der Waals surface area contributed by atoms with E-state index in [1.807, 2.05) is 4.68 Å². The molecule has 37 heavy (non-hydrogen) atoms. The van der Waals surface area contributed by atoms with Gasteiger partial charge in [-0.05, 0) is 74.2 Å². The number of aromatic nitrogens is 3. The molecule has 8 rings (SSSR count). The summed E-state index contributed by atoms with van der Waals surface area (Å²) in [6.07, 6.45) is 9.67. The zero-order valence-electron chi connectivity index (χ0n) is 20.1. The molecule has 2 atom stereocenters. The number of aromatic hydroxyl groups is 1. The maximum absolute atomic E-state index is 16.7. The minimum atomic E-state index is -0.570. The van der Waals surface area contributed by atoms with Crippen LogP contribution in [0.5, 0.6) is 5.75 Å². The third-order valence-corrected chi connectivity index (χ3v) is 8.48.